The lowest BCUT2D eigenvalue weighted by Gasteiger charge is -2.06. The molecule has 1 heterocycles. The van der Waals surface area contributed by atoms with Crippen molar-refractivity contribution in [2.45, 2.75) is 6.92 Å². The lowest BCUT2D eigenvalue weighted by atomic mass is 10.2. The fraction of sp³-hybridized carbons (Fsp3) is 0.0833. The number of aryl methyl sites for hydroxylation is 1. The molecule has 0 aliphatic heterocycles. The van der Waals surface area contributed by atoms with E-state index in [9.17, 15) is 4.39 Å². The summed E-state index contributed by atoms with van der Waals surface area (Å²) in [6, 6.07) is 4.86. The van der Waals surface area contributed by atoms with Crippen molar-refractivity contribution in [1.82, 2.24) is 9.97 Å². The van der Waals surface area contributed by atoms with Gasteiger partial charge in [0.15, 0.2) is 0 Å². The summed E-state index contributed by atoms with van der Waals surface area (Å²) in [5.41, 5.74) is 7.06. The number of halogens is 1. The first-order valence-electron chi connectivity index (χ1n) is 5.21. The second-order valence-electron chi connectivity index (χ2n) is 3.74. The van der Waals surface area contributed by atoms with Crippen molar-refractivity contribution in [3.05, 3.63) is 47.7 Å². The summed E-state index contributed by atoms with van der Waals surface area (Å²) in [4.78, 5) is 8.30. The number of anilines is 2. The number of nitrogens with zero attached hydrogens (tertiary/aromatic N) is 2. The number of hydrogen-bond donors (Lipinski definition) is 2. The van der Waals surface area contributed by atoms with Gasteiger partial charge >= 0.3 is 0 Å². The van der Waals surface area contributed by atoms with Gasteiger partial charge in [0.2, 0.25) is 0 Å². The maximum Gasteiger partial charge on any atom is 0.148 e. The Morgan fingerprint density at radius 2 is 2.11 bits per heavy atom. The van der Waals surface area contributed by atoms with Crippen LogP contribution in [0.4, 0.5) is 15.9 Å². The van der Waals surface area contributed by atoms with Crippen molar-refractivity contribution >= 4 is 28.7 Å². The number of nitrogens with one attached hydrogen (secondary N) is 1. The molecule has 0 unspecified atom stereocenters. The van der Waals surface area contributed by atoms with E-state index in [1.165, 1.54) is 18.5 Å². The van der Waals surface area contributed by atoms with E-state index in [2.05, 4.69) is 15.3 Å². The Labute approximate surface area is 109 Å². The van der Waals surface area contributed by atoms with E-state index < -0.39 is 0 Å². The number of hydrogen-bond acceptors (Lipinski definition) is 4. The van der Waals surface area contributed by atoms with Gasteiger partial charge < -0.3 is 11.1 Å². The zero-order valence-corrected chi connectivity index (χ0v) is 10.5. The van der Waals surface area contributed by atoms with Gasteiger partial charge in [-0.15, -0.1) is 0 Å². The highest BCUT2D eigenvalue weighted by atomic mass is 32.1. The van der Waals surface area contributed by atoms with Crippen LogP contribution >= 0.6 is 12.2 Å². The fourth-order valence-corrected chi connectivity index (χ4v) is 1.44. The molecule has 6 heteroatoms. The van der Waals surface area contributed by atoms with Crippen LogP contribution in [-0.2, 0) is 0 Å². The standard InChI is InChI=1S/C12H11FN4S/c1-7-2-3-8(4-9(7)13)17-11-6-15-10(5-16-11)12(14)18/h2-6H,1H3,(H2,14,18)(H,16,17). The summed E-state index contributed by atoms with van der Waals surface area (Å²) in [6.45, 7) is 1.70. The van der Waals surface area contributed by atoms with Crippen LogP contribution in [0.1, 0.15) is 11.3 Å². The molecule has 0 amide bonds. The Morgan fingerprint density at radius 1 is 1.33 bits per heavy atom. The summed E-state index contributed by atoms with van der Waals surface area (Å²) in [7, 11) is 0. The van der Waals surface area contributed by atoms with Crippen molar-refractivity contribution in [1.29, 1.82) is 0 Å². The van der Waals surface area contributed by atoms with E-state index >= 15 is 0 Å². The normalized spacial score (nSPS) is 10.1. The minimum atomic E-state index is -0.271. The molecular formula is C12H11FN4S. The van der Waals surface area contributed by atoms with Crippen LogP contribution in [0.15, 0.2) is 30.6 Å². The molecule has 2 aromatic rings. The molecule has 18 heavy (non-hydrogen) atoms. The summed E-state index contributed by atoms with van der Waals surface area (Å²) in [6.07, 6.45) is 2.96. The van der Waals surface area contributed by atoms with E-state index in [4.69, 9.17) is 18.0 Å². The van der Waals surface area contributed by atoms with Gasteiger partial charge in [0.1, 0.15) is 22.3 Å². The zero-order valence-electron chi connectivity index (χ0n) is 9.64. The molecule has 0 fully saturated rings. The Balaban J connectivity index is 2.18. The minimum absolute atomic E-state index is 0.190. The van der Waals surface area contributed by atoms with Crippen LogP contribution in [-0.4, -0.2) is 15.0 Å². The van der Waals surface area contributed by atoms with E-state index in [0.29, 0.717) is 22.8 Å². The SMILES string of the molecule is Cc1ccc(Nc2cnc(C(N)=S)cn2)cc1F. The molecule has 0 atom stereocenters. The molecule has 0 aliphatic carbocycles. The predicted molar refractivity (Wildman–Crippen MR) is 72.3 cm³/mol. The highest BCUT2D eigenvalue weighted by Gasteiger charge is 2.02. The molecule has 92 valence electrons. The topological polar surface area (TPSA) is 63.8 Å². The molecule has 0 saturated carbocycles. The van der Waals surface area contributed by atoms with Gasteiger partial charge in [0.05, 0.1) is 12.4 Å². The zero-order chi connectivity index (χ0) is 13.1. The summed E-state index contributed by atoms with van der Waals surface area (Å²) in [5.74, 6) is 0.228. The summed E-state index contributed by atoms with van der Waals surface area (Å²) >= 11 is 4.77. The van der Waals surface area contributed by atoms with Crippen LogP contribution in [0.3, 0.4) is 0 Å². The minimum Gasteiger partial charge on any atom is -0.388 e. The fourth-order valence-electron chi connectivity index (χ4n) is 1.34. The Bertz CT molecular complexity index is 583. The van der Waals surface area contributed by atoms with Gasteiger partial charge in [-0.05, 0) is 24.6 Å². The summed E-state index contributed by atoms with van der Waals surface area (Å²) in [5, 5.41) is 2.94. The third-order valence-electron chi connectivity index (χ3n) is 2.35. The monoisotopic (exact) mass is 262 g/mol. The molecule has 4 nitrogen and oxygen atoms in total. The molecule has 1 aromatic carbocycles. The van der Waals surface area contributed by atoms with Crippen molar-refractivity contribution in [2.75, 3.05) is 5.32 Å². The molecular weight excluding hydrogens is 251 g/mol. The molecule has 0 saturated heterocycles. The van der Waals surface area contributed by atoms with E-state index in [1.807, 2.05) is 0 Å². The second-order valence-corrected chi connectivity index (χ2v) is 4.18. The highest BCUT2D eigenvalue weighted by Crippen LogP contribution is 2.17. The predicted octanol–water partition coefficient (Wildman–Crippen LogP) is 2.30. The maximum atomic E-state index is 13.3. The van der Waals surface area contributed by atoms with Crippen molar-refractivity contribution in [2.24, 2.45) is 5.73 Å². The first-order chi connectivity index (χ1) is 8.56. The van der Waals surface area contributed by atoms with Crippen molar-refractivity contribution in [3.63, 3.8) is 0 Å². The van der Waals surface area contributed by atoms with E-state index in [-0.39, 0.29) is 10.8 Å². The number of rotatable bonds is 3. The Hall–Kier alpha value is -2.08. The molecule has 2 rings (SSSR count). The molecule has 0 spiro atoms. The number of nitrogens with two attached hydrogens (primary N) is 1. The molecule has 0 bridgehead atoms. The van der Waals surface area contributed by atoms with Gasteiger partial charge in [-0.2, -0.15) is 0 Å². The smallest absolute Gasteiger partial charge is 0.148 e. The lowest BCUT2D eigenvalue weighted by molar-refractivity contribution is 0.619. The van der Waals surface area contributed by atoms with Crippen LogP contribution in [0, 0.1) is 12.7 Å². The Kier molecular flexibility index (Phi) is 3.47. The second kappa shape index (κ2) is 5.05. The first-order valence-corrected chi connectivity index (χ1v) is 5.62. The highest BCUT2D eigenvalue weighted by molar-refractivity contribution is 7.80. The third-order valence-corrected chi connectivity index (χ3v) is 2.56. The van der Waals surface area contributed by atoms with Gasteiger partial charge in [-0.25, -0.2) is 14.4 Å². The molecule has 0 aliphatic rings. The van der Waals surface area contributed by atoms with Gasteiger partial charge in [0, 0.05) is 5.69 Å². The third kappa shape index (κ3) is 2.78. The molecule has 0 radical (unpaired) electrons. The average molecular weight is 262 g/mol. The molecule has 3 N–H and O–H groups in total. The van der Waals surface area contributed by atoms with Crippen LogP contribution < -0.4 is 11.1 Å². The lowest BCUT2D eigenvalue weighted by Crippen LogP contribution is -2.12. The Morgan fingerprint density at radius 3 is 2.67 bits per heavy atom. The van der Waals surface area contributed by atoms with Crippen LogP contribution in [0.5, 0.6) is 0 Å². The quantitative estimate of drug-likeness (QED) is 0.831. The van der Waals surface area contributed by atoms with Crippen molar-refractivity contribution in [3.8, 4) is 0 Å². The summed E-state index contributed by atoms with van der Waals surface area (Å²) < 4.78 is 13.3. The maximum absolute atomic E-state index is 13.3. The average Bonchev–Trinajstić information content (AvgIpc) is 2.34. The van der Waals surface area contributed by atoms with E-state index in [0.717, 1.165) is 0 Å². The number of benzene rings is 1. The van der Waals surface area contributed by atoms with Crippen molar-refractivity contribution < 1.29 is 4.39 Å². The van der Waals surface area contributed by atoms with Crippen LogP contribution in [0.25, 0.3) is 0 Å². The number of aromatic nitrogens is 2. The van der Waals surface area contributed by atoms with Crippen LogP contribution in [0.2, 0.25) is 0 Å². The van der Waals surface area contributed by atoms with Gasteiger partial charge in [-0.3, -0.25) is 0 Å². The first kappa shape index (κ1) is 12.4. The number of thiocarbonyl (C=S) groups is 1. The van der Waals surface area contributed by atoms with Gasteiger partial charge in [-0.1, -0.05) is 18.3 Å². The van der Waals surface area contributed by atoms with E-state index in [1.54, 1.807) is 19.1 Å². The molecule has 1 aromatic heterocycles. The van der Waals surface area contributed by atoms with Gasteiger partial charge in [0.25, 0.3) is 0 Å². The largest absolute Gasteiger partial charge is 0.388 e.